The van der Waals surface area contributed by atoms with Crippen molar-refractivity contribution in [1.29, 1.82) is 0 Å². The lowest BCUT2D eigenvalue weighted by Gasteiger charge is -2.11. The predicted molar refractivity (Wildman–Crippen MR) is 70.3 cm³/mol. The lowest BCUT2D eigenvalue weighted by atomic mass is 10.1. The largest absolute Gasteiger partial charge is 0.322 e. The molecule has 0 aromatic heterocycles. The number of hydrogen-bond acceptors (Lipinski definition) is 1. The van der Waals surface area contributed by atoms with Crippen molar-refractivity contribution in [2.24, 2.45) is 0 Å². The zero-order valence-corrected chi connectivity index (χ0v) is 10.0. The van der Waals surface area contributed by atoms with Gasteiger partial charge in [-0.25, -0.2) is 0 Å². The summed E-state index contributed by atoms with van der Waals surface area (Å²) in [5, 5.41) is 2.96. The Morgan fingerprint density at radius 2 is 1.47 bits per heavy atom. The molecular formula is C15H15NO. The van der Waals surface area contributed by atoms with E-state index in [4.69, 9.17) is 0 Å². The van der Waals surface area contributed by atoms with Crippen LogP contribution in [0.5, 0.6) is 0 Å². The highest BCUT2D eigenvalue weighted by Crippen LogP contribution is 2.20. The van der Waals surface area contributed by atoms with Gasteiger partial charge in [0.15, 0.2) is 0 Å². The van der Waals surface area contributed by atoms with Crippen LogP contribution in [0.25, 0.3) is 0 Å². The van der Waals surface area contributed by atoms with Crippen LogP contribution in [0.3, 0.4) is 0 Å². The van der Waals surface area contributed by atoms with Crippen LogP contribution >= 0.6 is 0 Å². The van der Waals surface area contributed by atoms with Gasteiger partial charge in [0.05, 0.1) is 0 Å². The topological polar surface area (TPSA) is 29.1 Å². The van der Waals surface area contributed by atoms with E-state index in [0.717, 1.165) is 16.8 Å². The third-order valence-corrected chi connectivity index (χ3v) is 2.76. The summed E-state index contributed by atoms with van der Waals surface area (Å²) < 4.78 is 0. The van der Waals surface area contributed by atoms with Crippen molar-refractivity contribution in [3.63, 3.8) is 0 Å². The molecule has 0 aliphatic heterocycles. The first-order valence-electron chi connectivity index (χ1n) is 5.61. The number of para-hydroxylation sites is 1. The molecule has 17 heavy (non-hydrogen) atoms. The third-order valence-electron chi connectivity index (χ3n) is 2.76. The van der Waals surface area contributed by atoms with Gasteiger partial charge in [0.2, 0.25) is 0 Å². The number of benzene rings is 2. The molecule has 2 aromatic rings. The second-order valence-corrected chi connectivity index (χ2v) is 4.09. The van der Waals surface area contributed by atoms with Gasteiger partial charge in [-0.1, -0.05) is 36.4 Å². The first-order chi connectivity index (χ1) is 8.18. The Bertz CT molecular complexity index is 512. The van der Waals surface area contributed by atoms with E-state index in [1.807, 2.05) is 62.4 Å². The molecule has 0 aliphatic carbocycles. The standard InChI is InChI=1S/C15H15NO/c1-11-7-6-8-12(2)14(11)16-15(17)13-9-4-3-5-10-13/h3-10H,1-2H3,(H,16,17). The van der Waals surface area contributed by atoms with Crippen molar-refractivity contribution in [2.75, 3.05) is 5.32 Å². The van der Waals surface area contributed by atoms with Gasteiger partial charge in [-0.3, -0.25) is 4.79 Å². The van der Waals surface area contributed by atoms with Gasteiger partial charge in [-0.15, -0.1) is 0 Å². The van der Waals surface area contributed by atoms with Crippen LogP contribution in [-0.4, -0.2) is 5.91 Å². The van der Waals surface area contributed by atoms with Crippen molar-refractivity contribution in [2.45, 2.75) is 13.8 Å². The lowest BCUT2D eigenvalue weighted by molar-refractivity contribution is 0.102. The second-order valence-electron chi connectivity index (χ2n) is 4.09. The van der Waals surface area contributed by atoms with Crippen molar-refractivity contribution in [1.82, 2.24) is 0 Å². The molecule has 1 N–H and O–H groups in total. The highest BCUT2D eigenvalue weighted by Gasteiger charge is 2.08. The molecule has 0 fully saturated rings. The highest BCUT2D eigenvalue weighted by molar-refractivity contribution is 6.05. The number of nitrogens with one attached hydrogen (secondary N) is 1. The average molecular weight is 225 g/mol. The summed E-state index contributed by atoms with van der Waals surface area (Å²) in [5.41, 5.74) is 3.74. The van der Waals surface area contributed by atoms with Crippen LogP contribution in [0, 0.1) is 13.8 Å². The minimum Gasteiger partial charge on any atom is -0.322 e. The fourth-order valence-electron chi connectivity index (χ4n) is 1.79. The van der Waals surface area contributed by atoms with E-state index in [1.165, 1.54) is 0 Å². The van der Waals surface area contributed by atoms with E-state index in [-0.39, 0.29) is 5.91 Å². The van der Waals surface area contributed by atoms with Crippen LogP contribution in [0.2, 0.25) is 0 Å². The van der Waals surface area contributed by atoms with Crippen molar-refractivity contribution >= 4 is 11.6 Å². The minimum absolute atomic E-state index is 0.0667. The first kappa shape index (κ1) is 11.4. The number of carbonyl (C=O) groups excluding carboxylic acids is 1. The number of carbonyl (C=O) groups is 1. The quantitative estimate of drug-likeness (QED) is 0.832. The fourth-order valence-corrected chi connectivity index (χ4v) is 1.79. The van der Waals surface area contributed by atoms with Gasteiger partial charge in [-0.2, -0.15) is 0 Å². The molecule has 2 aromatic carbocycles. The lowest BCUT2D eigenvalue weighted by Crippen LogP contribution is -2.13. The summed E-state index contributed by atoms with van der Waals surface area (Å²) in [4.78, 5) is 12.0. The van der Waals surface area contributed by atoms with Crippen molar-refractivity contribution in [3.8, 4) is 0 Å². The Hall–Kier alpha value is -2.09. The fraction of sp³-hybridized carbons (Fsp3) is 0.133. The Morgan fingerprint density at radius 3 is 2.06 bits per heavy atom. The summed E-state index contributed by atoms with van der Waals surface area (Å²) >= 11 is 0. The number of hydrogen-bond donors (Lipinski definition) is 1. The molecule has 0 heterocycles. The monoisotopic (exact) mass is 225 g/mol. The Labute approximate surface area is 101 Å². The van der Waals surface area contributed by atoms with Crippen LogP contribution in [0.4, 0.5) is 5.69 Å². The minimum atomic E-state index is -0.0667. The summed E-state index contributed by atoms with van der Waals surface area (Å²) in [6, 6.07) is 15.2. The molecule has 0 saturated carbocycles. The van der Waals surface area contributed by atoms with Crippen LogP contribution in [0.1, 0.15) is 21.5 Å². The molecule has 0 spiro atoms. The maximum atomic E-state index is 12.0. The van der Waals surface area contributed by atoms with E-state index in [1.54, 1.807) is 0 Å². The number of anilines is 1. The predicted octanol–water partition coefficient (Wildman–Crippen LogP) is 3.56. The van der Waals surface area contributed by atoms with E-state index < -0.39 is 0 Å². The van der Waals surface area contributed by atoms with Gasteiger partial charge in [0.1, 0.15) is 0 Å². The van der Waals surface area contributed by atoms with Gasteiger partial charge < -0.3 is 5.32 Å². The van der Waals surface area contributed by atoms with Crippen LogP contribution in [-0.2, 0) is 0 Å². The Kier molecular flexibility index (Phi) is 3.24. The molecular weight excluding hydrogens is 210 g/mol. The molecule has 0 unspecified atom stereocenters. The molecule has 0 radical (unpaired) electrons. The normalized spacial score (nSPS) is 10.0. The summed E-state index contributed by atoms with van der Waals surface area (Å²) in [7, 11) is 0. The molecule has 1 amide bonds. The molecule has 2 rings (SSSR count). The van der Waals surface area contributed by atoms with Crippen LogP contribution in [0.15, 0.2) is 48.5 Å². The second kappa shape index (κ2) is 4.83. The molecule has 0 bridgehead atoms. The maximum Gasteiger partial charge on any atom is 0.255 e. The van der Waals surface area contributed by atoms with Gasteiger partial charge in [-0.05, 0) is 37.1 Å². The van der Waals surface area contributed by atoms with E-state index in [2.05, 4.69) is 5.32 Å². The van der Waals surface area contributed by atoms with E-state index in [0.29, 0.717) is 5.56 Å². The first-order valence-corrected chi connectivity index (χ1v) is 5.61. The van der Waals surface area contributed by atoms with Gasteiger partial charge in [0, 0.05) is 11.3 Å². The smallest absolute Gasteiger partial charge is 0.255 e. The van der Waals surface area contributed by atoms with Crippen molar-refractivity contribution < 1.29 is 4.79 Å². The molecule has 0 aliphatic rings. The third kappa shape index (κ3) is 2.53. The van der Waals surface area contributed by atoms with Crippen LogP contribution < -0.4 is 5.32 Å². The molecule has 2 heteroatoms. The molecule has 2 nitrogen and oxygen atoms in total. The summed E-state index contributed by atoms with van der Waals surface area (Å²) in [6.07, 6.45) is 0. The Morgan fingerprint density at radius 1 is 0.882 bits per heavy atom. The summed E-state index contributed by atoms with van der Waals surface area (Å²) in [6.45, 7) is 3.99. The zero-order chi connectivity index (χ0) is 12.3. The Balaban J connectivity index is 2.25. The average Bonchev–Trinajstić information content (AvgIpc) is 2.35. The number of amides is 1. The highest BCUT2D eigenvalue weighted by atomic mass is 16.1. The SMILES string of the molecule is Cc1cccc(C)c1NC(=O)c1ccccc1. The maximum absolute atomic E-state index is 12.0. The van der Waals surface area contributed by atoms with E-state index >= 15 is 0 Å². The molecule has 0 atom stereocenters. The van der Waals surface area contributed by atoms with Gasteiger partial charge in [0.25, 0.3) is 5.91 Å². The van der Waals surface area contributed by atoms with Gasteiger partial charge >= 0.3 is 0 Å². The number of rotatable bonds is 2. The molecule has 86 valence electrons. The van der Waals surface area contributed by atoms with E-state index in [9.17, 15) is 4.79 Å². The number of aryl methyl sites for hydroxylation is 2. The van der Waals surface area contributed by atoms with Crippen molar-refractivity contribution in [3.05, 3.63) is 65.2 Å². The summed E-state index contributed by atoms with van der Waals surface area (Å²) in [5.74, 6) is -0.0667. The zero-order valence-electron chi connectivity index (χ0n) is 10.0. The molecule has 0 saturated heterocycles.